The van der Waals surface area contributed by atoms with E-state index in [0.29, 0.717) is 31.9 Å². The van der Waals surface area contributed by atoms with Gasteiger partial charge in [0.25, 0.3) is 0 Å². The molecule has 0 bridgehead atoms. The minimum absolute atomic E-state index is 0.0474. The number of nitrogens with one attached hydrogen (secondary N) is 1. The highest BCUT2D eigenvalue weighted by atomic mass is 35.5. The van der Waals surface area contributed by atoms with Crippen molar-refractivity contribution in [3.05, 3.63) is 62.6 Å². The van der Waals surface area contributed by atoms with Gasteiger partial charge in [-0.3, -0.25) is 13.9 Å². The third-order valence-electron chi connectivity index (χ3n) is 6.63. The average Bonchev–Trinajstić information content (AvgIpc) is 2.83. The molecule has 0 unspecified atom stereocenters. The van der Waals surface area contributed by atoms with E-state index in [1.165, 1.54) is 11.0 Å². The van der Waals surface area contributed by atoms with Gasteiger partial charge in [0.2, 0.25) is 21.8 Å². The van der Waals surface area contributed by atoms with E-state index in [1.54, 1.807) is 44.2 Å². The lowest BCUT2D eigenvalue weighted by Crippen LogP contribution is -2.53. The Morgan fingerprint density at radius 2 is 1.68 bits per heavy atom. The number of anilines is 1. The summed E-state index contributed by atoms with van der Waals surface area (Å²) in [6, 6.07) is 8.96. The quantitative estimate of drug-likeness (QED) is 0.414. The van der Waals surface area contributed by atoms with E-state index in [9.17, 15) is 18.0 Å². The Bertz CT molecular complexity index is 1230. The molecule has 2 aromatic rings. The molecule has 0 saturated heterocycles. The maximum atomic E-state index is 13.8. The standard InChI is InChI=1S/C26H32Cl3N3O4S/c1-17-12-13-19(27)14-24(17)32(37(3,35)36)16-25(33)31(15-21-22(28)10-7-11-23(21)29)18(2)26(34)30-20-8-5-4-6-9-20/h7,10-14,18,20H,4-6,8-9,15-16H2,1-3H3,(H,30,34)/t18-/m0/s1. The van der Waals surface area contributed by atoms with Crippen LogP contribution in [0.4, 0.5) is 5.69 Å². The Hall–Kier alpha value is -2.00. The van der Waals surface area contributed by atoms with Crippen LogP contribution in [0.5, 0.6) is 0 Å². The number of benzene rings is 2. The van der Waals surface area contributed by atoms with Gasteiger partial charge in [-0.15, -0.1) is 0 Å². The van der Waals surface area contributed by atoms with Crippen LogP contribution in [0.25, 0.3) is 0 Å². The minimum Gasteiger partial charge on any atom is -0.352 e. The third kappa shape index (κ3) is 7.76. The number of sulfonamides is 1. The van der Waals surface area contributed by atoms with Crippen molar-refractivity contribution in [2.24, 2.45) is 0 Å². The van der Waals surface area contributed by atoms with Crippen molar-refractivity contribution in [3.8, 4) is 0 Å². The van der Waals surface area contributed by atoms with Gasteiger partial charge in [-0.1, -0.05) is 66.2 Å². The monoisotopic (exact) mass is 587 g/mol. The molecule has 1 aliphatic carbocycles. The molecular weight excluding hydrogens is 557 g/mol. The van der Waals surface area contributed by atoms with Crippen molar-refractivity contribution in [2.75, 3.05) is 17.1 Å². The van der Waals surface area contributed by atoms with Crippen LogP contribution in [0.15, 0.2) is 36.4 Å². The number of hydrogen-bond acceptors (Lipinski definition) is 4. The van der Waals surface area contributed by atoms with Crippen LogP contribution in [0.2, 0.25) is 15.1 Å². The molecule has 1 fully saturated rings. The van der Waals surface area contributed by atoms with Crippen molar-refractivity contribution in [2.45, 2.75) is 64.6 Å². The molecule has 0 spiro atoms. The summed E-state index contributed by atoms with van der Waals surface area (Å²) in [5.41, 5.74) is 1.39. The van der Waals surface area contributed by atoms with Crippen LogP contribution in [0, 0.1) is 6.92 Å². The van der Waals surface area contributed by atoms with Crippen molar-refractivity contribution in [3.63, 3.8) is 0 Å². The zero-order chi connectivity index (χ0) is 27.3. The van der Waals surface area contributed by atoms with E-state index in [4.69, 9.17) is 34.8 Å². The molecule has 1 N–H and O–H groups in total. The summed E-state index contributed by atoms with van der Waals surface area (Å²) in [7, 11) is -3.87. The van der Waals surface area contributed by atoms with Gasteiger partial charge >= 0.3 is 0 Å². The molecule has 11 heteroatoms. The van der Waals surface area contributed by atoms with Crippen molar-refractivity contribution in [1.82, 2.24) is 10.2 Å². The van der Waals surface area contributed by atoms with E-state index < -0.39 is 28.5 Å². The van der Waals surface area contributed by atoms with E-state index >= 15 is 0 Å². The minimum atomic E-state index is -3.87. The van der Waals surface area contributed by atoms with Gasteiger partial charge < -0.3 is 10.2 Å². The Labute approximate surface area is 234 Å². The van der Waals surface area contributed by atoms with Gasteiger partial charge in [-0.2, -0.15) is 0 Å². The lowest BCUT2D eigenvalue weighted by atomic mass is 9.95. The Kier molecular flexibility index (Phi) is 10.1. The SMILES string of the molecule is Cc1ccc(Cl)cc1N(CC(=O)N(Cc1c(Cl)cccc1Cl)[C@@H](C)C(=O)NC1CCCCC1)S(C)(=O)=O. The summed E-state index contributed by atoms with van der Waals surface area (Å²) < 4.78 is 26.6. The summed E-state index contributed by atoms with van der Waals surface area (Å²) in [4.78, 5) is 28.3. The number of aryl methyl sites for hydroxylation is 1. The predicted octanol–water partition coefficient (Wildman–Crippen LogP) is 5.59. The molecule has 0 aliphatic heterocycles. The molecule has 37 heavy (non-hydrogen) atoms. The lowest BCUT2D eigenvalue weighted by molar-refractivity contribution is -0.139. The second-order valence-corrected chi connectivity index (χ2v) is 12.6. The van der Waals surface area contributed by atoms with Crippen molar-refractivity contribution in [1.29, 1.82) is 0 Å². The zero-order valence-corrected chi connectivity index (χ0v) is 24.2. The number of amides is 2. The maximum Gasteiger partial charge on any atom is 0.244 e. The molecule has 202 valence electrons. The fraction of sp³-hybridized carbons (Fsp3) is 0.462. The first-order valence-electron chi connectivity index (χ1n) is 12.1. The number of halogens is 3. The Balaban J connectivity index is 1.95. The van der Waals surface area contributed by atoms with E-state index in [0.717, 1.165) is 42.7 Å². The van der Waals surface area contributed by atoms with Gasteiger partial charge in [0.15, 0.2) is 0 Å². The highest BCUT2D eigenvalue weighted by molar-refractivity contribution is 7.92. The molecule has 7 nitrogen and oxygen atoms in total. The van der Waals surface area contributed by atoms with Crippen LogP contribution >= 0.6 is 34.8 Å². The summed E-state index contributed by atoms with van der Waals surface area (Å²) in [5, 5.41) is 4.07. The van der Waals surface area contributed by atoms with Crippen LogP contribution in [-0.2, 0) is 26.2 Å². The molecule has 1 atom stereocenters. The molecule has 1 saturated carbocycles. The summed E-state index contributed by atoms with van der Waals surface area (Å²) in [6.07, 6.45) is 6.02. The molecular formula is C26H32Cl3N3O4S. The van der Waals surface area contributed by atoms with E-state index in [2.05, 4.69) is 5.32 Å². The summed E-state index contributed by atoms with van der Waals surface area (Å²) in [6.45, 7) is 2.76. The lowest BCUT2D eigenvalue weighted by Gasteiger charge is -2.33. The number of carbonyl (C=O) groups excluding carboxylic acids is 2. The summed E-state index contributed by atoms with van der Waals surface area (Å²) >= 11 is 18.9. The molecule has 2 aromatic carbocycles. The Morgan fingerprint density at radius 3 is 2.27 bits per heavy atom. The fourth-order valence-corrected chi connectivity index (χ4v) is 6.03. The largest absolute Gasteiger partial charge is 0.352 e. The first kappa shape index (κ1) is 29.6. The number of rotatable bonds is 9. The van der Waals surface area contributed by atoms with Gasteiger partial charge in [0, 0.05) is 33.2 Å². The summed E-state index contributed by atoms with van der Waals surface area (Å²) in [5.74, 6) is -0.889. The number of carbonyl (C=O) groups is 2. The third-order valence-corrected chi connectivity index (χ3v) is 8.70. The molecule has 0 radical (unpaired) electrons. The maximum absolute atomic E-state index is 13.8. The van der Waals surface area contributed by atoms with Gasteiger partial charge in [-0.25, -0.2) is 8.42 Å². The fourth-order valence-electron chi connectivity index (χ4n) is 4.45. The van der Waals surface area contributed by atoms with Crippen LogP contribution in [0.3, 0.4) is 0 Å². The van der Waals surface area contributed by atoms with Gasteiger partial charge in [0.05, 0.1) is 11.9 Å². The zero-order valence-electron chi connectivity index (χ0n) is 21.1. The Morgan fingerprint density at radius 1 is 1.05 bits per heavy atom. The van der Waals surface area contributed by atoms with E-state index in [1.807, 2.05) is 0 Å². The highest BCUT2D eigenvalue weighted by Gasteiger charge is 2.32. The molecule has 3 rings (SSSR count). The van der Waals surface area contributed by atoms with Crippen molar-refractivity contribution >= 4 is 62.3 Å². The van der Waals surface area contributed by atoms with E-state index in [-0.39, 0.29) is 18.5 Å². The van der Waals surface area contributed by atoms with Crippen LogP contribution in [0.1, 0.15) is 50.2 Å². The highest BCUT2D eigenvalue weighted by Crippen LogP contribution is 2.29. The topological polar surface area (TPSA) is 86.8 Å². The number of nitrogens with zero attached hydrogens (tertiary/aromatic N) is 2. The normalized spacial score (nSPS) is 15.2. The predicted molar refractivity (Wildman–Crippen MR) is 150 cm³/mol. The average molecular weight is 589 g/mol. The number of hydrogen-bond donors (Lipinski definition) is 1. The van der Waals surface area contributed by atoms with Crippen LogP contribution in [-0.4, -0.2) is 50.0 Å². The second-order valence-electron chi connectivity index (χ2n) is 9.44. The van der Waals surface area contributed by atoms with Gasteiger partial charge in [0.1, 0.15) is 12.6 Å². The van der Waals surface area contributed by atoms with Gasteiger partial charge in [-0.05, 0) is 56.5 Å². The van der Waals surface area contributed by atoms with Crippen molar-refractivity contribution < 1.29 is 18.0 Å². The second kappa shape index (κ2) is 12.7. The molecule has 1 aliphatic rings. The first-order chi connectivity index (χ1) is 17.4. The van der Waals surface area contributed by atoms with Crippen LogP contribution < -0.4 is 9.62 Å². The first-order valence-corrected chi connectivity index (χ1v) is 15.1. The molecule has 2 amide bonds. The molecule has 0 heterocycles. The molecule has 0 aromatic heterocycles. The smallest absolute Gasteiger partial charge is 0.244 e.